The van der Waals surface area contributed by atoms with E-state index in [1.165, 1.54) is 4.90 Å². The predicted octanol–water partition coefficient (Wildman–Crippen LogP) is 1.83. The summed E-state index contributed by atoms with van der Waals surface area (Å²) < 4.78 is 4.83. The first-order valence-electron chi connectivity index (χ1n) is 5.36. The molecule has 0 unspecified atom stereocenters. The van der Waals surface area contributed by atoms with Crippen molar-refractivity contribution >= 4 is 17.7 Å². The van der Waals surface area contributed by atoms with Crippen LogP contribution < -0.4 is 4.90 Å². The summed E-state index contributed by atoms with van der Waals surface area (Å²) in [5.74, 6) is -1.41. The summed E-state index contributed by atoms with van der Waals surface area (Å²) in [7, 11) is 0. The lowest BCUT2D eigenvalue weighted by Gasteiger charge is -2.14. The van der Waals surface area contributed by atoms with E-state index in [-0.39, 0.29) is 6.09 Å². The maximum Gasteiger partial charge on any atom is 0.414 e. The second-order valence-corrected chi connectivity index (χ2v) is 3.92. The number of carboxylic acid groups (broad SMARTS) is 1. The molecule has 1 aliphatic heterocycles. The Morgan fingerprint density at radius 3 is 2.53 bits per heavy atom. The van der Waals surface area contributed by atoms with E-state index >= 15 is 0 Å². The van der Waals surface area contributed by atoms with E-state index in [1.807, 2.05) is 0 Å². The molecule has 1 aromatic rings. The van der Waals surface area contributed by atoms with Crippen molar-refractivity contribution in [3.63, 3.8) is 0 Å². The number of amides is 1. The van der Waals surface area contributed by atoms with Crippen molar-refractivity contribution in [2.45, 2.75) is 12.8 Å². The zero-order valence-corrected chi connectivity index (χ0v) is 9.42. The summed E-state index contributed by atoms with van der Waals surface area (Å²) in [4.78, 5) is 23.6. The number of carbonyl (C=O) groups is 2. The molecule has 0 spiro atoms. The number of hydrogen-bond acceptors (Lipinski definition) is 3. The fraction of sp³-hybridized carbons (Fsp3) is 0.333. The molecule has 0 aliphatic carbocycles. The van der Waals surface area contributed by atoms with Crippen LogP contribution in [-0.2, 0) is 9.53 Å². The zero-order valence-electron chi connectivity index (χ0n) is 9.42. The van der Waals surface area contributed by atoms with Crippen molar-refractivity contribution in [1.29, 1.82) is 0 Å². The number of benzene rings is 1. The van der Waals surface area contributed by atoms with Crippen molar-refractivity contribution in [1.82, 2.24) is 0 Å². The molecule has 1 atom stereocenters. The number of anilines is 1. The van der Waals surface area contributed by atoms with Crippen LogP contribution in [0.15, 0.2) is 24.3 Å². The quantitative estimate of drug-likeness (QED) is 0.867. The van der Waals surface area contributed by atoms with E-state index in [9.17, 15) is 9.59 Å². The number of rotatable bonds is 3. The van der Waals surface area contributed by atoms with E-state index in [2.05, 4.69) is 0 Å². The summed E-state index contributed by atoms with van der Waals surface area (Å²) >= 11 is 0. The average molecular weight is 235 g/mol. The van der Waals surface area contributed by atoms with Gasteiger partial charge in [-0.2, -0.15) is 0 Å². The van der Waals surface area contributed by atoms with E-state index in [0.29, 0.717) is 18.7 Å². The smallest absolute Gasteiger partial charge is 0.414 e. The lowest BCUT2D eigenvalue weighted by atomic mass is 10.0. The Kier molecular flexibility index (Phi) is 2.99. The maximum atomic E-state index is 11.3. The molecule has 90 valence electrons. The highest BCUT2D eigenvalue weighted by Gasteiger charge is 2.23. The molecule has 1 heterocycles. The number of carbonyl (C=O) groups excluding carboxylic acids is 1. The number of hydrogen-bond donors (Lipinski definition) is 1. The van der Waals surface area contributed by atoms with Crippen molar-refractivity contribution < 1.29 is 19.4 Å². The molecule has 5 heteroatoms. The van der Waals surface area contributed by atoms with Crippen molar-refractivity contribution in [3.05, 3.63) is 29.8 Å². The lowest BCUT2D eigenvalue weighted by Crippen LogP contribution is -2.23. The third kappa shape index (κ3) is 2.22. The van der Waals surface area contributed by atoms with Gasteiger partial charge in [-0.25, -0.2) is 4.79 Å². The van der Waals surface area contributed by atoms with Crippen LogP contribution in [0.25, 0.3) is 0 Å². The third-order valence-corrected chi connectivity index (χ3v) is 2.84. The van der Waals surface area contributed by atoms with Crippen LogP contribution in [0.2, 0.25) is 0 Å². The molecule has 0 saturated carbocycles. The number of carboxylic acids is 1. The van der Waals surface area contributed by atoms with Crippen LogP contribution in [0.3, 0.4) is 0 Å². The molecular formula is C12H13NO4. The Labute approximate surface area is 98.6 Å². The van der Waals surface area contributed by atoms with Crippen LogP contribution in [0, 0.1) is 0 Å². The number of aliphatic carboxylic acids is 1. The van der Waals surface area contributed by atoms with Crippen LogP contribution in [0.4, 0.5) is 10.5 Å². The first kappa shape index (κ1) is 11.4. The first-order valence-corrected chi connectivity index (χ1v) is 5.36. The summed E-state index contributed by atoms with van der Waals surface area (Å²) in [6, 6.07) is 6.92. The van der Waals surface area contributed by atoms with Gasteiger partial charge in [0, 0.05) is 5.69 Å². The number of ether oxygens (including phenoxy) is 1. The molecule has 1 N–H and O–H groups in total. The van der Waals surface area contributed by atoms with Gasteiger partial charge in [0.05, 0.1) is 12.5 Å². The van der Waals surface area contributed by atoms with Crippen LogP contribution in [0.5, 0.6) is 0 Å². The monoisotopic (exact) mass is 235 g/mol. The topological polar surface area (TPSA) is 66.8 Å². The fourth-order valence-electron chi connectivity index (χ4n) is 1.71. The van der Waals surface area contributed by atoms with Crippen LogP contribution in [0.1, 0.15) is 18.4 Å². The van der Waals surface area contributed by atoms with Gasteiger partial charge in [0.25, 0.3) is 0 Å². The molecule has 0 radical (unpaired) electrons. The van der Waals surface area contributed by atoms with E-state index < -0.39 is 11.9 Å². The first-order chi connectivity index (χ1) is 8.09. The summed E-state index contributed by atoms with van der Waals surface area (Å²) in [5, 5.41) is 8.87. The second kappa shape index (κ2) is 4.45. The Morgan fingerprint density at radius 2 is 2.06 bits per heavy atom. The molecule has 0 bridgehead atoms. The van der Waals surface area contributed by atoms with Gasteiger partial charge < -0.3 is 9.84 Å². The van der Waals surface area contributed by atoms with Gasteiger partial charge in [0.1, 0.15) is 6.61 Å². The molecule has 1 fully saturated rings. The Balaban J connectivity index is 2.18. The number of nitrogens with zero attached hydrogens (tertiary/aromatic N) is 1. The highest BCUT2D eigenvalue weighted by molar-refractivity contribution is 5.89. The Morgan fingerprint density at radius 1 is 1.41 bits per heavy atom. The van der Waals surface area contributed by atoms with Gasteiger partial charge in [0.2, 0.25) is 0 Å². The molecule has 17 heavy (non-hydrogen) atoms. The standard InChI is InChI=1S/C12H13NO4/c1-8(11(14)15)9-2-4-10(5-3-9)13-6-7-17-12(13)16/h2-5,8H,6-7H2,1H3,(H,14,15)/t8-/m1/s1. The molecule has 0 aromatic heterocycles. The van der Waals surface area contributed by atoms with Gasteiger partial charge in [-0.3, -0.25) is 9.69 Å². The van der Waals surface area contributed by atoms with E-state index in [1.54, 1.807) is 31.2 Å². The Hall–Kier alpha value is -2.04. The molecule has 1 aromatic carbocycles. The van der Waals surface area contributed by atoms with Gasteiger partial charge in [-0.1, -0.05) is 12.1 Å². The summed E-state index contributed by atoms with van der Waals surface area (Å²) in [6.07, 6.45) is -0.357. The van der Waals surface area contributed by atoms with Gasteiger partial charge in [-0.05, 0) is 24.6 Å². The van der Waals surface area contributed by atoms with Crippen molar-refractivity contribution in [2.75, 3.05) is 18.1 Å². The predicted molar refractivity (Wildman–Crippen MR) is 61.2 cm³/mol. The molecular weight excluding hydrogens is 222 g/mol. The number of cyclic esters (lactones) is 1. The van der Waals surface area contributed by atoms with Gasteiger partial charge in [0.15, 0.2) is 0 Å². The van der Waals surface area contributed by atoms with E-state index in [4.69, 9.17) is 9.84 Å². The third-order valence-electron chi connectivity index (χ3n) is 2.84. The highest BCUT2D eigenvalue weighted by Crippen LogP contribution is 2.22. The zero-order chi connectivity index (χ0) is 12.4. The normalized spacial score (nSPS) is 16.8. The van der Waals surface area contributed by atoms with E-state index in [0.717, 1.165) is 5.69 Å². The largest absolute Gasteiger partial charge is 0.481 e. The van der Waals surface area contributed by atoms with Gasteiger partial charge in [-0.15, -0.1) is 0 Å². The minimum Gasteiger partial charge on any atom is -0.481 e. The average Bonchev–Trinajstić information content (AvgIpc) is 2.74. The Bertz CT molecular complexity index is 440. The molecule has 1 aliphatic rings. The van der Waals surface area contributed by atoms with Crippen molar-refractivity contribution in [2.24, 2.45) is 0 Å². The maximum absolute atomic E-state index is 11.3. The summed E-state index contributed by atoms with van der Waals surface area (Å²) in [5.41, 5.74) is 1.45. The van der Waals surface area contributed by atoms with Crippen LogP contribution >= 0.6 is 0 Å². The highest BCUT2D eigenvalue weighted by atomic mass is 16.6. The van der Waals surface area contributed by atoms with Gasteiger partial charge >= 0.3 is 12.1 Å². The second-order valence-electron chi connectivity index (χ2n) is 3.92. The fourth-order valence-corrected chi connectivity index (χ4v) is 1.71. The summed E-state index contributed by atoms with van der Waals surface area (Å²) in [6.45, 7) is 2.56. The van der Waals surface area contributed by atoms with Crippen molar-refractivity contribution in [3.8, 4) is 0 Å². The van der Waals surface area contributed by atoms with Crippen LogP contribution in [-0.4, -0.2) is 30.3 Å². The minimum atomic E-state index is -0.863. The lowest BCUT2D eigenvalue weighted by molar-refractivity contribution is -0.138. The molecule has 1 saturated heterocycles. The SMILES string of the molecule is C[C@@H](C(=O)O)c1ccc(N2CCOC2=O)cc1. The molecule has 1 amide bonds. The molecule has 5 nitrogen and oxygen atoms in total. The minimum absolute atomic E-state index is 0.357. The molecule has 2 rings (SSSR count).